The SMILES string of the molecule is CO[C@@H]1O[C@@H](C)[C@H](O)[C@@H](O)[C@H]1O[C@@H]1O[C@@H](CO)[C@H](O)[C@@H](O)[C@H]1O. The van der Waals surface area contributed by atoms with Gasteiger partial charge in [0.1, 0.15) is 42.7 Å². The quantitative estimate of drug-likeness (QED) is 0.300. The Hall–Kier alpha value is -0.400. The second kappa shape index (κ2) is 7.66. The van der Waals surface area contributed by atoms with Crippen molar-refractivity contribution in [3.63, 3.8) is 0 Å². The van der Waals surface area contributed by atoms with E-state index in [0.717, 1.165) is 0 Å². The Morgan fingerprint density at radius 3 is 2.04 bits per heavy atom. The van der Waals surface area contributed by atoms with Crippen LogP contribution in [0.15, 0.2) is 0 Å². The first-order valence-electron chi connectivity index (χ1n) is 7.32. The Kier molecular flexibility index (Phi) is 6.30. The van der Waals surface area contributed by atoms with Gasteiger partial charge in [-0.05, 0) is 6.92 Å². The molecule has 0 spiro atoms. The summed E-state index contributed by atoms with van der Waals surface area (Å²) in [7, 11) is 1.31. The molecule has 2 fully saturated rings. The first-order chi connectivity index (χ1) is 10.8. The molecule has 6 N–H and O–H groups in total. The van der Waals surface area contributed by atoms with Gasteiger partial charge in [-0.1, -0.05) is 0 Å². The number of methoxy groups -OCH3 is 1. The molecule has 23 heavy (non-hydrogen) atoms. The number of aliphatic hydroxyl groups is 6. The third-order valence-corrected chi connectivity index (χ3v) is 4.16. The van der Waals surface area contributed by atoms with Crippen LogP contribution in [0.25, 0.3) is 0 Å². The van der Waals surface area contributed by atoms with Crippen LogP contribution < -0.4 is 0 Å². The van der Waals surface area contributed by atoms with E-state index >= 15 is 0 Å². The van der Waals surface area contributed by atoms with Crippen LogP contribution in [-0.2, 0) is 18.9 Å². The van der Waals surface area contributed by atoms with Gasteiger partial charge in [-0.2, -0.15) is 0 Å². The maximum absolute atomic E-state index is 10.1. The zero-order valence-electron chi connectivity index (χ0n) is 12.8. The smallest absolute Gasteiger partial charge is 0.187 e. The third-order valence-electron chi connectivity index (χ3n) is 4.16. The van der Waals surface area contributed by atoms with Crippen LogP contribution >= 0.6 is 0 Å². The summed E-state index contributed by atoms with van der Waals surface area (Å²) in [6, 6.07) is 0. The molecular formula is C13H24O10. The van der Waals surface area contributed by atoms with Gasteiger partial charge in [0.25, 0.3) is 0 Å². The molecule has 0 radical (unpaired) electrons. The highest BCUT2D eigenvalue weighted by molar-refractivity contribution is 4.92. The molecule has 0 aromatic rings. The number of hydrogen-bond acceptors (Lipinski definition) is 10. The fourth-order valence-corrected chi connectivity index (χ4v) is 2.67. The largest absolute Gasteiger partial charge is 0.394 e. The minimum atomic E-state index is -1.63. The average Bonchev–Trinajstić information content (AvgIpc) is 2.55. The minimum absolute atomic E-state index is 0.609. The van der Waals surface area contributed by atoms with Gasteiger partial charge in [0.05, 0.1) is 12.7 Å². The lowest BCUT2D eigenvalue weighted by atomic mass is 9.97. The van der Waals surface area contributed by atoms with Crippen molar-refractivity contribution in [3.05, 3.63) is 0 Å². The summed E-state index contributed by atoms with van der Waals surface area (Å²) < 4.78 is 21.0. The second-order valence-corrected chi connectivity index (χ2v) is 5.72. The van der Waals surface area contributed by atoms with Crippen molar-refractivity contribution in [1.29, 1.82) is 0 Å². The monoisotopic (exact) mass is 340 g/mol. The minimum Gasteiger partial charge on any atom is -0.394 e. The van der Waals surface area contributed by atoms with Crippen molar-refractivity contribution in [1.82, 2.24) is 0 Å². The lowest BCUT2D eigenvalue weighted by molar-refractivity contribution is -0.362. The molecule has 10 heteroatoms. The molecule has 2 heterocycles. The molecule has 0 aromatic heterocycles. The highest BCUT2D eigenvalue weighted by atomic mass is 16.8. The number of rotatable bonds is 4. The summed E-state index contributed by atoms with van der Waals surface area (Å²) >= 11 is 0. The summed E-state index contributed by atoms with van der Waals surface area (Å²) in [5.41, 5.74) is 0. The van der Waals surface area contributed by atoms with Gasteiger partial charge in [-0.3, -0.25) is 0 Å². The van der Waals surface area contributed by atoms with E-state index in [1.807, 2.05) is 0 Å². The number of hydrogen-bond donors (Lipinski definition) is 6. The summed E-state index contributed by atoms with van der Waals surface area (Å²) in [6.07, 6.45) is -13.0. The Labute approximate surface area is 132 Å². The molecule has 10 nitrogen and oxygen atoms in total. The van der Waals surface area contributed by atoms with Gasteiger partial charge < -0.3 is 49.6 Å². The lowest BCUT2D eigenvalue weighted by Gasteiger charge is -2.45. The first kappa shape index (κ1) is 18.9. The van der Waals surface area contributed by atoms with Crippen LogP contribution in [0.1, 0.15) is 6.92 Å². The fraction of sp³-hybridized carbons (Fsp3) is 1.00. The molecule has 0 unspecified atom stereocenters. The fourth-order valence-electron chi connectivity index (χ4n) is 2.67. The molecule has 2 rings (SSSR count). The molecule has 0 amide bonds. The number of aliphatic hydroxyl groups excluding tert-OH is 6. The molecule has 2 aliphatic heterocycles. The van der Waals surface area contributed by atoms with Crippen molar-refractivity contribution in [2.24, 2.45) is 0 Å². The molecule has 136 valence electrons. The van der Waals surface area contributed by atoms with Gasteiger partial charge in [0, 0.05) is 7.11 Å². The Balaban J connectivity index is 2.11. The standard InChI is InChI=1S/C13H24O10/c1-4-6(15)9(18)11(13(20-2)21-4)23-12-10(19)8(17)7(16)5(3-14)22-12/h4-19H,3H2,1-2H3/t4-,5-,6-,7-,8+,9+,10+,11+,12-,13+/m0/s1. The van der Waals surface area contributed by atoms with E-state index in [9.17, 15) is 25.5 Å². The van der Waals surface area contributed by atoms with Crippen molar-refractivity contribution < 1.29 is 49.6 Å². The Morgan fingerprint density at radius 2 is 1.48 bits per heavy atom. The van der Waals surface area contributed by atoms with Gasteiger partial charge in [0.15, 0.2) is 12.6 Å². The van der Waals surface area contributed by atoms with E-state index < -0.39 is 68.0 Å². The second-order valence-electron chi connectivity index (χ2n) is 5.72. The maximum atomic E-state index is 10.1. The zero-order chi connectivity index (χ0) is 17.3. The molecule has 10 atom stereocenters. The molecule has 0 aliphatic carbocycles. The van der Waals surface area contributed by atoms with E-state index in [0.29, 0.717) is 0 Å². The summed E-state index contributed by atoms with van der Waals surface area (Å²) in [5.74, 6) is 0. The van der Waals surface area contributed by atoms with E-state index in [4.69, 9.17) is 24.1 Å². The van der Waals surface area contributed by atoms with Gasteiger partial charge in [-0.15, -0.1) is 0 Å². The Morgan fingerprint density at radius 1 is 0.826 bits per heavy atom. The predicted molar refractivity (Wildman–Crippen MR) is 72.0 cm³/mol. The zero-order valence-corrected chi connectivity index (χ0v) is 12.8. The third kappa shape index (κ3) is 3.66. The van der Waals surface area contributed by atoms with E-state index in [1.54, 1.807) is 6.92 Å². The molecule has 0 saturated carbocycles. The summed E-state index contributed by atoms with van der Waals surface area (Å²) in [6.45, 7) is 0.936. The van der Waals surface area contributed by atoms with Crippen LogP contribution in [0.2, 0.25) is 0 Å². The van der Waals surface area contributed by atoms with Crippen molar-refractivity contribution in [2.45, 2.75) is 68.3 Å². The van der Waals surface area contributed by atoms with Gasteiger partial charge >= 0.3 is 0 Å². The van der Waals surface area contributed by atoms with Crippen molar-refractivity contribution in [2.75, 3.05) is 13.7 Å². The average molecular weight is 340 g/mol. The van der Waals surface area contributed by atoms with Gasteiger partial charge in [-0.25, -0.2) is 0 Å². The normalized spacial score (nSPS) is 51.7. The van der Waals surface area contributed by atoms with Gasteiger partial charge in [0.2, 0.25) is 0 Å². The van der Waals surface area contributed by atoms with Crippen LogP contribution in [0.4, 0.5) is 0 Å². The highest BCUT2D eigenvalue weighted by Gasteiger charge is 2.49. The molecule has 2 saturated heterocycles. The van der Waals surface area contributed by atoms with E-state index in [-0.39, 0.29) is 0 Å². The Bertz CT molecular complexity index is 378. The van der Waals surface area contributed by atoms with Crippen molar-refractivity contribution >= 4 is 0 Å². The summed E-state index contributed by atoms with van der Waals surface area (Å²) in [4.78, 5) is 0. The van der Waals surface area contributed by atoms with E-state index in [2.05, 4.69) is 0 Å². The predicted octanol–water partition coefficient (Wildman–Crippen LogP) is -3.72. The first-order valence-corrected chi connectivity index (χ1v) is 7.32. The summed E-state index contributed by atoms with van der Waals surface area (Å²) in [5, 5.41) is 58.6. The van der Waals surface area contributed by atoms with Crippen LogP contribution in [0.3, 0.4) is 0 Å². The topological polar surface area (TPSA) is 158 Å². The number of ether oxygens (including phenoxy) is 4. The van der Waals surface area contributed by atoms with E-state index in [1.165, 1.54) is 7.11 Å². The molecule has 0 bridgehead atoms. The van der Waals surface area contributed by atoms with Crippen molar-refractivity contribution in [3.8, 4) is 0 Å². The van der Waals surface area contributed by atoms with Crippen LogP contribution in [0, 0.1) is 0 Å². The van der Waals surface area contributed by atoms with Crippen LogP contribution in [-0.4, -0.2) is 106 Å². The van der Waals surface area contributed by atoms with Crippen LogP contribution in [0.5, 0.6) is 0 Å². The maximum Gasteiger partial charge on any atom is 0.187 e. The highest BCUT2D eigenvalue weighted by Crippen LogP contribution is 2.29. The molecular weight excluding hydrogens is 316 g/mol. The molecule has 2 aliphatic rings. The molecule has 0 aromatic carbocycles. The lowest BCUT2D eigenvalue weighted by Crippen LogP contribution is -2.63.